The van der Waals surface area contributed by atoms with Crippen molar-refractivity contribution in [3.63, 3.8) is 0 Å². The number of aryl methyl sites for hydroxylation is 3. The Bertz CT molecular complexity index is 899. The van der Waals surface area contributed by atoms with Gasteiger partial charge in [0.05, 0.1) is 6.42 Å². The van der Waals surface area contributed by atoms with E-state index in [2.05, 4.69) is 29.3 Å². The second-order valence-corrected chi connectivity index (χ2v) is 8.52. The molecule has 2 aromatic carbocycles. The Hall–Kier alpha value is -2.66. The van der Waals surface area contributed by atoms with Gasteiger partial charge in [-0.3, -0.25) is 14.5 Å². The molecule has 0 saturated carbocycles. The maximum absolute atomic E-state index is 12.6. The minimum Gasteiger partial charge on any atom is -0.340 e. The molecule has 0 spiro atoms. The fraction of sp³-hybridized carbons (Fsp3) is 0.440. The Morgan fingerprint density at radius 3 is 2.43 bits per heavy atom. The minimum atomic E-state index is 0.0609. The van der Waals surface area contributed by atoms with Gasteiger partial charge in [-0.15, -0.1) is 0 Å². The molecular formula is C25H31N3O2. The van der Waals surface area contributed by atoms with Crippen molar-refractivity contribution >= 4 is 17.5 Å². The number of hydrogen-bond donors (Lipinski definition) is 1. The first-order valence-corrected chi connectivity index (χ1v) is 11.0. The lowest BCUT2D eigenvalue weighted by atomic mass is 10.1. The Morgan fingerprint density at radius 1 is 0.933 bits per heavy atom. The van der Waals surface area contributed by atoms with E-state index in [1.165, 1.54) is 23.1 Å². The largest absolute Gasteiger partial charge is 0.340 e. The molecule has 0 unspecified atom stereocenters. The van der Waals surface area contributed by atoms with Gasteiger partial charge in [-0.25, -0.2) is 0 Å². The third-order valence-corrected chi connectivity index (χ3v) is 6.24. The number of carbonyl (C=O) groups excluding carboxylic acids is 2. The Morgan fingerprint density at radius 2 is 1.67 bits per heavy atom. The SMILES string of the molecule is Cc1ccc(CC(=O)N2CCN(CCC(=O)Nc3ccc4c(c3)CCC4)CC2)cc1. The fourth-order valence-corrected chi connectivity index (χ4v) is 4.35. The van der Waals surface area contributed by atoms with Crippen LogP contribution in [0.2, 0.25) is 0 Å². The zero-order chi connectivity index (χ0) is 20.9. The van der Waals surface area contributed by atoms with Gasteiger partial charge in [0, 0.05) is 44.8 Å². The molecule has 158 valence electrons. The van der Waals surface area contributed by atoms with Crippen molar-refractivity contribution < 1.29 is 9.59 Å². The summed E-state index contributed by atoms with van der Waals surface area (Å²) in [5.41, 5.74) is 5.98. The van der Waals surface area contributed by atoms with Gasteiger partial charge in [-0.2, -0.15) is 0 Å². The second-order valence-electron chi connectivity index (χ2n) is 8.52. The molecule has 0 bridgehead atoms. The van der Waals surface area contributed by atoms with Crippen LogP contribution in [0.3, 0.4) is 0 Å². The summed E-state index contributed by atoms with van der Waals surface area (Å²) in [5, 5.41) is 3.04. The van der Waals surface area contributed by atoms with E-state index in [4.69, 9.17) is 0 Å². The van der Waals surface area contributed by atoms with Crippen molar-refractivity contribution in [1.29, 1.82) is 0 Å². The van der Waals surface area contributed by atoms with E-state index in [1.807, 2.05) is 35.2 Å². The molecular weight excluding hydrogens is 374 g/mol. The van der Waals surface area contributed by atoms with Crippen molar-refractivity contribution in [2.75, 3.05) is 38.0 Å². The number of nitrogens with zero attached hydrogens (tertiary/aromatic N) is 2. The van der Waals surface area contributed by atoms with Crippen LogP contribution in [0.4, 0.5) is 5.69 Å². The monoisotopic (exact) mass is 405 g/mol. The number of amides is 2. The average molecular weight is 406 g/mol. The first-order valence-electron chi connectivity index (χ1n) is 11.0. The number of rotatable bonds is 6. The molecule has 2 aromatic rings. The number of hydrogen-bond acceptors (Lipinski definition) is 3. The number of nitrogens with one attached hydrogen (secondary N) is 1. The molecule has 1 saturated heterocycles. The number of fused-ring (bicyclic) bond motifs is 1. The highest BCUT2D eigenvalue weighted by Crippen LogP contribution is 2.25. The van der Waals surface area contributed by atoms with E-state index in [1.54, 1.807) is 0 Å². The van der Waals surface area contributed by atoms with Crippen LogP contribution in [-0.2, 0) is 28.9 Å². The lowest BCUT2D eigenvalue weighted by molar-refractivity contribution is -0.132. The molecule has 1 aliphatic heterocycles. The van der Waals surface area contributed by atoms with Crippen LogP contribution < -0.4 is 5.32 Å². The van der Waals surface area contributed by atoms with E-state index >= 15 is 0 Å². The van der Waals surface area contributed by atoms with Crippen molar-refractivity contribution in [3.8, 4) is 0 Å². The molecule has 2 aliphatic rings. The molecule has 30 heavy (non-hydrogen) atoms. The molecule has 4 rings (SSSR count). The highest BCUT2D eigenvalue weighted by atomic mass is 16.2. The Balaban J connectivity index is 1.18. The number of anilines is 1. The van der Waals surface area contributed by atoms with E-state index in [-0.39, 0.29) is 11.8 Å². The minimum absolute atomic E-state index is 0.0609. The van der Waals surface area contributed by atoms with E-state index in [0.717, 1.165) is 56.8 Å². The molecule has 1 heterocycles. The Kier molecular flexibility index (Phi) is 6.48. The molecule has 5 heteroatoms. The van der Waals surface area contributed by atoms with Crippen LogP contribution in [0.15, 0.2) is 42.5 Å². The van der Waals surface area contributed by atoms with Gasteiger partial charge >= 0.3 is 0 Å². The van der Waals surface area contributed by atoms with Crippen LogP contribution in [-0.4, -0.2) is 54.3 Å². The summed E-state index contributed by atoms with van der Waals surface area (Å²) < 4.78 is 0. The molecule has 1 aliphatic carbocycles. The number of piperazine rings is 1. The fourth-order valence-electron chi connectivity index (χ4n) is 4.35. The average Bonchev–Trinajstić information content (AvgIpc) is 3.22. The predicted octanol–water partition coefficient (Wildman–Crippen LogP) is 3.20. The van der Waals surface area contributed by atoms with Crippen LogP contribution in [0.25, 0.3) is 0 Å². The number of benzene rings is 2. The van der Waals surface area contributed by atoms with Crippen LogP contribution in [0.1, 0.15) is 35.1 Å². The van der Waals surface area contributed by atoms with Crippen molar-refractivity contribution in [3.05, 3.63) is 64.7 Å². The first-order chi connectivity index (χ1) is 14.6. The smallest absolute Gasteiger partial charge is 0.227 e. The third-order valence-electron chi connectivity index (χ3n) is 6.24. The summed E-state index contributed by atoms with van der Waals surface area (Å²) in [5.74, 6) is 0.249. The molecule has 1 N–H and O–H groups in total. The van der Waals surface area contributed by atoms with Gasteiger partial charge in [0.2, 0.25) is 11.8 Å². The Labute approximate surface area is 179 Å². The van der Waals surface area contributed by atoms with Crippen LogP contribution in [0, 0.1) is 6.92 Å². The second kappa shape index (κ2) is 9.43. The normalized spacial score (nSPS) is 16.4. The van der Waals surface area contributed by atoms with E-state index < -0.39 is 0 Å². The van der Waals surface area contributed by atoms with Gasteiger partial charge in [0.15, 0.2) is 0 Å². The van der Waals surface area contributed by atoms with Gasteiger partial charge < -0.3 is 10.2 Å². The van der Waals surface area contributed by atoms with Gasteiger partial charge in [0.1, 0.15) is 0 Å². The highest BCUT2D eigenvalue weighted by molar-refractivity contribution is 5.91. The highest BCUT2D eigenvalue weighted by Gasteiger charge is 2.21. The van der Waals surface area contributed by atoms with Gasteiger partial charge in [-0.05, 0) is 55.0 Å². The summed E-state index contributed by atoms with van der Waals surface area (Å²) in [6.45, 7) is 5.90. The lowest BCUT2D eigenvalue weighted by Gasteiger charge is -2.34. The topological polar surface area (TPSA) is 52.7 Å². The predicted molar refractivity (Wildman–Crippen MR) is 120 cm³/mol. The first kappa shape index (κ1) is 20.6. The van der Waals surface area contributed by atoms with Gasteiger partial charge in [-0.1, -0.05) is 35.9 Å². The van der Waals surface area contributed by atoms with Crippen LogP contribution in [0.5, 0.6) is 0 Å². The summed E-state index contributed by atoms with van der Waals surface area (Å²) >= 11 is 0. The summed E-state index contributed by atoms with van der Waals surface area (Å²) in [4.78, 5) is 29.1. The van der Waals surface area contributed by atoms with Crippen molar-refractivity contribution in [1.82, 2.24) is 9.80 Å². The maximum atomic E-state index is 12.6. The summed E-state index contributed by atoms with van der Waals surface area (Å²) in [7, 11) is 0. The summed E-state index contributed by atoms with van der Waals surface area (Å²) in [6.07, 6.45) is 4.43. The number of carbonyl (C=O) groups is 2. The van der Waals surface area contributed by atoms with Gasteiger partial charge in [0.25, 0.3) is 0 Å². The molecule has 0 atom stereocenters. The van der Waals surface area contributed by atoms with Crippen molar-refractivity contribution in [2.45, 2.75) is 39.0 Å². The molecule has 1 fully saturated rings. The lowest BCUT2D eigenvalue weighted by Crippen LogP contribution is -2.49. The third kappa shape index (κ3) is 5.28. The molecule has 5 nitrogen and oxygen atoms in total. The maximum Gasteiger partial charge on any atom is 0.227 e. The van der Waals surface area contributed by atoms with Crippen molar-refractivity contribution in [2.24, 2.45) is 0 Å². The van der Waals surface area contributed by atoms with E-state index in [0.29, 0.717) is 12.8 Å². The zero-order valence-electron chi connectivity index (χ0n) is 17.8. The van der Waals surface area contributed by atoms with Crippen LogP contribution >= 0.6 is 0 Å². The zero-order valence-corrected chi connectivity index (χ0v) is 17.8. The van der Waals surface area contributed by atoms with E-state index in [9.17, 15) is 9.59 Å². The summed E-state index contributed by atoms with van der Waals surface area (Å²) in [6, 6.07) is 14.4. The standard InChI is InChI=1S/C25H31N3O2/c1-19-5-7-20(8-6-19)17-25(30)28-15-13-27(14-16-28)12-11-24(29)26-23-10-9-21-3-2-4-22(21)18-23/h5-10,18H,2-4,11-17H2,1H3,(H,26,29). The molecule has 2 amide bonds. The molecule has 0 aromatic heterocycles. The molecule has 0 radical (unpaired) electrons. The quantitative estimate of drug-likeness (QED) is 0.803.